The standard InChI is InChI=1S/C17H17N3O3S/c1-13-17(12-20(2)18-13)24(21,22)19-14-8-10-16(11-9-14)23-15-6-4-3-5-7-15/h3-12,19H,1-2H3. The monoisotopic (exact) mass is 343 g/mol. The molecule has 0 radical (unpaired) electrons. The number of hydrogen-bond acceptors (Lipinski definition) is 4. The number of ether oxygens (including phenoxy) is 1. The van der Waals surface area contributed by atoms with Gasteiger partial charge in [0, 0.05) is 18.9 Å². The molecule has 3 aromatic rings. The summed E-state index contributed by atoms with van der Waals surface area (Å²) in [6, 6.07) is 16.1. The molecule has 0 atom stereocenters. The highest BCUT2D eigenvalue weighted by molar-refractivity contribution is 7.92. The van der Waals surface area contributed by atoms with Crippen molar-refractivity contribution in [3.63, 3.8) is 0 Å². The maximum Gasteiger partial charge on any atom is 0.265 e. The zero-order chi connectivity index (χ0) is 17.2. The van der Waals surface area contributed by atoms with Gasteiger partial charge in [0.15, 0.2) is 0 Å². The predicted octanol–water partition coefficient (Wildman–Crippen LogP) is 3.32. The van der Waals surface area contributed by atoms with Crippen LogP contribution in [0.4, 0.5) is 5.69 Å². The van der Waals surface area contributed by atoms with Crippen LogP contribution in [0.5, 0.6) is 11.5 Å². The third-order valence-electron chi connectivity index (χ3n) is 3.34. The first-order valence-corrected chi connectivity index (χ1v) is 8.78. The number of para-hydroxylation sites is 1. The summed E-state index contributed by atoms with van der Waals surface area (Å²) in [6.45, 7) is 1.66. The van der Waals surface area contributed by atoms with Crippen LogP contribution in [-0.4, -0.2) is 18.2 Å². The third-order valence-corrected chi connectivity index (χ3v) is 4.83. The van der Waals surface area contributed by atoms with E-state index in [9.17, 15) is 8.42 Å². The minimum absolute atomic E-state index is 0.162. The lowest BCUT2D eigenvalue weighted by atomic mass is 10.3. The van der Waals surface area contributed by atoms with E-state index in [1.165, 1.54) is 10.9 Å². The van der Waals surface area contributed by atoms with Crippen LogP contribution >= 0.6 is 0 Å². The van der Waals surface area contributed by atoms with Crippen molar-refractivity contribution in [2.75, 3.05) is 4.72 Å². The van der Waals surface area contributed by atoms with E-state index >= 15 is 0 Å². The van der Waals surface area contributed by atoms with Gasteiger partial charge < -0.3 is 4.74 Å². The predicted molar refractivity (Wildman–Crippen MR) is 91.7 cm³/mol. The number of nitrogens with zero attached hydrogens (tertiary/aromatic N) is 2. The molecule has 0 spiro atoms. The molecule has 1 N–H and O–H groups in total. The van der Waals surface area contributed by atoms with Crippen molar-refractivity contribution < 1.29 is 13.2 Å². The summed E-state index contributed by atoms with van der Waals surface area (Å²) in [5.74, 6) is 1.35. The molecule has 0 saturated heterocycles. The maximum atomic E-state index is 12.4. The van der Waals surface area contributed by atoms with Crippen molar-refractivity contribution in [3.8, 4) is 11.5 Å². The Hall–Kier alpha value is -2.80. The molecule has 7 heteroatoms. The van der Waals surface area contributed by atoms with Gasteiger partial charge in [-0.15, -0.1) is 0 Å². The lowest BCUT2D eigenvalue weighted by Gasteiger charge is -2.09. The lowest BCUT2D eigenvalue weighted by molar-refractivity contribution is 0.483. The quantitative estimate of drug-likeness (QED) is 0.771. The van der Waals surface area contributed by atoms with E-state index < -0.39 is 10.0 Å². The summed E-state index contributed by atoms with van der Waals surface area (Å²) in [4.78, 5) is 0.162. The first kappa shape index (κ1) is 16.1. The Morgan fingerprint density at radius 2 is 1.62 bits per heavy atom. The van der Waals surface area contributed by atoms with Crippen LogP contribution in [0.1, 0.15) is 5.69 Å². The summed E-state index contributed by atoms with van der Waals surface area (Å²) >= 11 is 0. The SMILES string of the molecule is Cc1nn(C)cc1S(=O)(=O)Nc1ccc(Oc2ccccc2)cc1. The van der Waals surface area contributed by atoms with Gasteiger partial charge in [0.05, 0.1) is 5.69 Å². The number of aryl methyl sites for hydroxylation is 2. The van der Waals surface area contributed by atoms with E-state index in [1.807, 2.05) is 30.3 Å². The molecule has 0 unspecified atom stereocenters. The van der Waals surface area contributed by atoms with Crippen LogP contribution in [0.2, 0.25) is 0 Å². The zero-order valence-electron chi connectivity index (χ0n) is 13.3. The Balaban J connectivity index is 1.75. The van der Waals surface area contributed by atoms with E-state index in [4.69, 9.17) is 4.74 Å². The normalized spacial score (nSPS) is 11.2. The van der Waals surface area contributed by atoms with Crippen molar-refractivity contribution in [1.29, 1.82) is 0 Å². The number of benzene rings is 2. The Morgan fingerprint density at radius 3 is 2.21 bits per heavy atom. The van der Waals surface area contributed by atoms with Gasteiger partial charge >= 0.3 is 0 Å². The average Bonchev–Trinajstić information content (AvgIpc) is 2.90. The van der Waals surface area contributed by atoms with Crippen molar-refractivity contribution >= 4 is 15.7 Å². The number of nitrogens with one attached hydrogen (secondary N) is 1. The molecule has 124 valence electrons. The summed E-state index contributed by atoms with van der Waals surface area (Å²) in [6.07, 6.45) is 1.48. The average molecular weight is 343 g/mol. The summed E-state index contributed by atoms with van der Waals surface area (Å²) < 4.78 is 34.5. The second-order valence-corrected chi connectivity index (χ2v) is 6.95. The molecule has 0 fully saturated rings. The van der Waals surface area contributed by atoms with Gasteiger partial charge in [-0.1, -0.05) is 18.2 Å². The fraction of sp³-hybridized carbons (Fsp3) is 0.118. The van der Waals surface area contributed by atoms with Crippen LogP contribution < -0.4 is 9.46 Å². The molecule has 0 amide bonds. The Morgan fingerprint density at radius 1 is 1.00 bits per heavy atom. The summed E-state index contributed by atoms with van der Waals surface area (Å²) in [5, 5.41) is 4.06. The lowest BCUT2D eigenvalue weighted by Crippen LogP contribution is -2.13. The highest BCUT2D eigenvalue weighted by atomic mass is 32.2. The Bertz CT molecular complexity index is 933. The summed E-state index contributed by atoms with van der Waals surface area (Å²) in [7, 11) is -1.99. The molecule has 1 heterocycles. The van der Waals surface area contributed by atoms with Crippen LogP contribution in [-0.2, 0) is 17.1 Å². The fourth-order valence-corrected chi connectivity index (χ4v) is 3.54. The number of rotatable bonds is 5. The molecule has 0 aliphatic rings. The number of sulfonamides is 1. The minimum Gasteiger partial charge on any atom is -0.457 e. The Labute approximate surface area is 140 Å². The van der Waals surface area contributed by atoms with Crippen LogP contribution in [0, 0.1) is 6.92 Å². The topological polar surface area (TPSA) is 73.2 Å². The van der Waals surface area contributed by atoms with Gasteiger partial charge in [-0.3, -0.25) is 9.40 Å². The van der Waals surface area contributed by atoms with Crippen molar-refractivity contribution in [3.05, 3.63) is 66.5 Å². The van der Waals surface area contributed by atoms with E-state index in [0.29, 0.717) is 17.1 Å². The number of aromatic nitrogens is 2. The molecular weight excluding hydrogens is 326 g/mol. The van der Waals surface area contributed by atoms with Crippen LogP contribution in [0.15, 0.2) is 65.7 Å². The molecule has 2 aromatic carbocycles. The van der Waals surface area contributed by atoms with Crippen molar-refractivity contribution in [2.24, 2.45) is 7.05 Å². The zero-order valence-corrected chi connectivity index (χ0v) is 14.1. The van der Waals surface area contributed by atoms with Crippen LogP contribution in [0.25, 0.3) is 0 Å². The van der Waals surface area contributed by atoms with E-state index in [2.05, 4.69) is 9.82 Å². The van der Waals surface area contributed by atoms with E-state index in [0.717, 1.165) is 5.75 Å². The van der Waals surface area contributed by atoms with Gasteiger partial charge in [0.2, 0.25) is 0 Å². The largest absolute Gasteiger partial charge is 0.457 e. The summed E-state index contributed by atoms with van der Waals surface area (Å²) in [5.41, 5.74) is 0.910. The van der Waals surface area contributed by atoms with Gasteiger partial charge in [0.25, 0.3) is 10.0 Å². The molecule has 1 aromatic heterocycles. The van der Waals surface area contributed by atoms with Crippen molar-refractivity contribution in [1.82, 2.24) is 9.78 Å². The maximum absolute atomic E-state index is 12.4. The smallest absolute Gasteiger partial charge is 0.265 e. The highest BCUT2D eigenvalue weighted by Crippen LogP contribution is 2.24. The number of anilines is 1. The van der Waals surface area contributed by atoms with Gasteiger partial charge in [-0.25, -0.2) is 8.42 Å². The van der Waals surface area contributed by atoms with Gasteiger partial charge in [-0.2, -0.15) is 5.10 Å². The van der Waals surface area contributed by atoms with E-state index in [-0.39, 0.29) is 4.90 Å². The van der Waals surface area contributed by atoms with Gasteiger partial charge in [0.1, 0.15) is 16.4 Å². The second-order valence-electron chi connectivity index (χ2n) is 5.30. The molecular formula is C17H17N3O3S. The fourth-order valence-electron chi connectivity index (χ4n) is 2.27. The van der Waals surface area contributed by atoms with Crippen molar-refractivity contribution in [2.45, 2.75) is 11.8 Å². The van der Waals surface area contributed by atoms with E-state index in [1.54, 1.807) is 38.2 Å². The molecule has 0 aliphatic heterocycles. The Kier molecular flexibility index (Phi) is 4.26. The molecule has 24 heavy (non-hydrogen) atoms. The third kappa shape index (κ3) is 3.57. The molecule has 0 bridgehead atoms. The number of hydrogen-bond donors (Lipinski definition) is 1. The molecule has 0 aliphatic carbocycles. The first-order chi connectivity index (χ1) is 11.4. The van der Waals surface area contributed by atoms with Crippen LogP contribution in [0.3, 0.4) is 0 Å². The highest BCUT2D eigenvalue weighted by Gasteiger charge is 2.19. The first-order valence-electron chi connectivity index (χ1n) is 7.30. The second kappa shape index (κ2) is 6.37. The molecule has 0 saturated carbocycles. The minimum atomic E-state index is -3.67. The molecule has 3 rings (SSSR count). The molecule has 6 nitrogen and oxygen atoms in total. The van der Waals surface area contributed by atoms with Gasteiger partial charge in [-0.05, 0) is 43.3 Å².